The molecule has 1 saturated heterocycles. The molecule has 0 unspecified atom stereocenters. The van der Waals surface area contributed by atoms with Crippen molar-refractivity contribution in [1.29, 1.82) is 0 Å². The van der Waals surface area contributed by atoms with E-state index in [1.807, 2.05) is 6.07 Å². The van der Waals surface area contributed by atoms with E-state index in [-0.39, 0.29) is 18.2 Å². The molecule has 1 aromatic carbocycles. The summed E-state index contributed by atoms with van der Waals surface area (Å²) in [5.41, 5.74) is 1.06. The number of hydrogen-bond acceptors (Lipinski definition) is 2. The third kappa shape index (κ3) is 5.51. The minimum absolute atomic E-state index is 0. The fourth-order valence-electron chi connectivity index (χ4n) is 2.91. The van der Waals surface area contributed by atoms with Crippen LogP contribution in [0, 0.1) is 11.7 Å². The lowest BCUT2D eigenvalue weighted by Crippen LogP contribution is -2.42. The lowest BCUT2D eigenvalue weighted by molar-refractivity contribution is 0.190. The molecule has 118 valence electrons. The largest absolute Gasteiger partial charge is 0.314 e. The van der Waals surface area contributed by atoms with Gasteiger partial charge < -0.3 is 5.32 Å². The van der Waals surface area contributed by atoms with Gasteiger partial charge in [-0.3, -0.25) is 4.90 Å². The van der Waals surface area contributed by atoms with E-state index in [9.17, 15) is 4.39 Å². The van der Waals surface area contributed by atoms with Crippen molar-refractivity contribution in [3.05, 3.63) is 34.1 Å². The molecule has 1 aromatic rings. The van der Waals surface area contributed by atoms with Crippen LogP contribution in [0.25, 0.3) is 0 Å². The van der Waals surface area contributed by atoms with Crippen LogP contribution in [0.4, 0.5) is 4.39 Å². The first-order valence-electron chi connectivity index (χ1n) is 7.60. The van der Waals surface area contributed by atoms with Gasteiger partial charge in [-0.2, -0.15) is 0 Å². The fourth-order valence-corrected chi connectivity index (χ4v) is 3.42. The number of nitrogens with one attached hydrogen (secondary N) is 1. The van der Waals surface area contributed by atoms with Crippen LogP contribution in [0.15, 0.2) is 22.7 Å². The summed E-state index contributed by atoms with van der Waals surface area (Å²) in [6, 6.07) is 5.85. The number of nitrogens with zero attached hydrogens (tertiary/aromatic N) is 1. The highest BCUT2D eigenvalue weighted by Crippen LogP contribution is 2.28. The standard InChI is InChI=1S/C16H22BrFN2.ClH/c17-14-7-13(8-15(18)9-14)11-20-5-3-16(4-6-20)19-10-12-1-2-12;/h7-9,12,16,19H,1-6,10-11H2;1H. The van der Waals surface area contributed by atoms with E-state index in [1.54, 1.807) is 6.07 Å². The maximum absolute atomic E-state index is 13.4. The molecule has 1 saturated carbocycles. The van der Waals surface area contributed by atoms with Crippen LogP contribution in [0.2, 0.25) is 0 Å². The Morgan fingerprint density at radius 3 is 2.48 bits per heavy atom. The third-order valence-corrected chi connectivity index (χ3v) is 4.77. The zero-order valence-electron chi connectivity index (χ0n) is 12.2. The summed E-state index contributed by atoms with van der Waals surface area (Å²) in [4.78, 5) is 2.43. The topological polar surface area (TPSA) is 15.3 Å². The molecular formula is C16H23BrClFN2. The minimum Gasteiger partial charge on any atom is -0.314 e. The predicted molar refractivity (Wildman–Crippen MR) is 90.4 cm³/mol. The molecule has 1 heterocycles. The molecule has 0 spiro atoms. The highest BCUT2D eigenvalue weighted by atomic mass is 79.9. The maximum atomic E-state index is 13.4. The van der Waals surface area contributed by atoms with E-state index >= 15 is 0 Å². The van der Waals surface area contributed by atoms with Crippen LogP contribution >= 0.6 is 28.3 Å². The number of hydrogen-bond donors (Lipinski definition) is 1. The summed E-state index contributed by atoms with van der Waals surface area (Å²) in [5.74, 6) is 0.799. The first-order valence-corrected chi connectivity index (χ1v) is 8.39. The van der Waals surface area contributed by atoms with Gasteiger partial charge in [-0.1, -0.05) is 15.9 Å². The molecule has 0 atom stereocenters. The average molecular weight is 378 g/mol. The number of benzene rings is 1. The molecule has 5 heteroatoms. The van der Waals surface area contributed by atoms with Gasteiger partial charge in [0.05, 0.1) is 0 Å². The molecule has 3 rings (SSSR count). The first-order chi connectivity index (χ1) is 9.69. The normalized spacial score (nSPS) is 20.3. The van der Waals surface area contributed by atoms with Crippen molar-refractivity contribution in [3.8, 4) is 0 Å². The van der Waals surface area contributed by atoms with E-state index in [0.29, 0.717) is 6.04 Å². The summed E-state index contributed by atoms with van der Waals surface area (Å²) in [7, 11) is 0. The van der Waals surface area contributed by atoms with Crippen LogP contribution in [0.3, 0.4) is 0 Å². The van der Waals surface area contributed by atoms with E-state index in [4.69, 9.17) is 0 Å². The molecule has 1 aliphatic heterocycles. The van der Waals surface area contributed by atoms with Crippen molar-refractivity contribution in [2.45, 2.75) is 38.3 Å². The van der Waals surface area contributed by atoms with Gasteiger partial charge in [0.25, 0.3) is 0 Å². The molecule has 0 amide bonds. The second kappa shape index (κ2) is 7.91. The molecule has 1 N–H and O–H groups in total. The number of rotatable bonds is 5. The average Bonchev–Trinajstić information content (AvgIpc) is 3.21. The van der Waals surface area contributed by atoms with Crippen molar-refractivity contribution < 1.29 is 4.39 Å². The summed E-state index contributed by atoms with van der Waals surface area (Å²) < 4.78 is 14.2. The molecule has 2 fully saturated rings. The second-order valence-corrected chi connectivity index (χ2v) is 7.10. The fraction of sp³-hybridized carbons (Fsp3) is 0.625. The van der Waals surface area contributed by atoms with Gasteiger partial charge in [-0.25, -0.2) is 4.39 Å². The maximum Gasteiger partial charge on any atom is 0.124 e. The Kier molecular flexibility index (Phi) is 6.48. The van der Waals surface area contributed by atoms with E-state index in [0.717, 1.165) is 35.6 Å². The molecule has 2 aliphatic rings. The number of piperidine rings is 1. The summed E-state index contributed by atoms with van der Waals surface area (Å²) in [6.07, 6.45) is 5.26. The van der Waals surface area contributed by atoms with Gasteiger partial charge in [-0.05, 0) is 75.0 Å². The Balaban J connectivity index is 0.00000161. The van der Waals surface area contributed by atoms with Crippen LogP contribution in [0.5, 0.6) is 0 Å². The number of likely N-dealkylation sites (tertiary alicyclic amines) is 1. The quantitative estimate of drug-likeness (QED) is 0.835. The van der Waals surface area contributed by atoms with Crippen molar-refractivity contribution >= 4 is 28.3 Å². The van der Waals surface area contributed by atoms with Gasteiger partial charge >= 0.3 is 0 Å². The van der Waals surface area contributed by atoms with Crippen molar-refractivity contribution in [3.63, 3.8) is 0 Å². The Hall–Kier alpha value is -0.160. The minimum atomic E-state index is -0.157. The molecule has 1 aliphatic carbocycles. The molecule has 0 aromatic heterocycles. The lowest BCUT2D eigenvalue weighted by Gasteiger charge is -2.32. The number of halogens is 3. The third-order valence-electron chi connectivity index (χ3n) is 4.31. The van der Waals surface area contributed by atoms with E-state index in [2.05, 4.69) is 26.1 Å². The van der Waals surface area contributed by atoms with Gasteiger partial charge in [0.2, 0.25) is 0 Å². The summed E-state index contributed by atoms with van der Waals surface area (Å²) in [5, 5.41) is 3.69. The van der Waals surface area contributed by atoms with E-state index < -0.39 is 0 Å². The Morgan fingerprint density at radius 1 is 1.14 bits per heavy atom. The smallest absolute Gasteiger partial charge is 0.124 e. The second-order valence-electron chi connectivity index (χ2n) is 6.18. The van der Waals surface area contributed by atoms with Gasteiger partial charge in [0.1, 0.15) is 5.82 Å². The van der Waals surface area contributed by atoms with Crippen molar-refractivity contribution in [1.82, 2.24) is 10.2 Å². The molecule has 0 bridgehead atoms. The van der Waals surface area contributed by atoms with Crippen molar-refractivity contribution in [2.24, 2.45) is 5.92 Å². The highest BCUT2D eigenvalue weighted by molar-refractivity contribution is 9.10. The highest BCUT2D eigenvalue weighted by Gasteiger charge is 2.24. The van der Waals surface area contributed by atoms with Gasteiger partial charge in [0, 0.05) is 17.1 Å². The van der Waals surface area contributed by atoms with Gasteiger partial charge in [0.15, 0.2) is 0 Å². The zero-order valence-corrected chi connectivity index (χ0v) is 14.6. The first kappa shape index (κ1) is 17.2. The summed E-state index contributed by atoms with van der Waals surface area (Å²) >= 11 is 3.36. The Bertz CT molecular complexity index is 439. The summed E-state index contributed by atoms with van der Waals surface area (Å²) in [6.45, 7) is 4.28. The lowest BCUT2D eigenvalue weighted by atomic mass is 10.0. The van der Waals surface area contributed by atoms with Crippen LogP contribution < -0.4 is 5.32 Å². The van der Waals surface area contributed by atoms with Crippen LogP contribution in [-0.2, 0) is 6.54 Å². The van der Waals surface area contributed by atoms with Crippen LogP contribution in [-0.4, -0.2) is 30.6 Å². The predicted octanol–water partition coefficient (Wildman–Crippen LogP) is 3.97. The SMILES string of the molecule is Cl.Fc1cc(Br)cc(CN2CCC(NCC3CC3)CC2)c1. The van der Waals surface area contributed by atoms with Crippen LogP contribution in [0.1, 0.15) is 31.2 Å². The molecule has 2 nitrogen and oxygen atoms in total. The molecule has 21 heavy (non-hydrogen) atoms. The molecule has 0 radical (unpaired) electrons. The monoisotopic (exact) mass is 376 g/mol. The zero-order chi connectivity index (χ0) is 13.9. The molecular weight excluding hydrogens is 355 g/mol. The Morgan fingerprint density at radius 2 is 1.86 bits per heavy atom. The van der Waals surface area contributed by atoms with Gasteiger partial charge in [-0.15, -0.1) is 12.4 Å². The van der Waals surface area contributed by atoms with E-state index in [1.165, 1.54) is 38.3 Å². The van der Waals surface area contributed by atoms with Crippen molar-refractivity contribution in [2.75, 3.05) is 19.6 Å². The Labute approximate surface area is 141 Å².